The van der Waals surface area contributed by atoms with Crippen LogP contribution in [0.2, 0.25) is 0 Å². The fourth-order valence-corrected chi connectivity index (χ4v) is 1.78. The molecule has 17 heavy (non-hydrogen) atoms. The predicted octanol–water partition coefficient (Wildman–Crippen LogP) is 2.40. The number of nitrogens with zero attached hydrogens (tertiary/aromatic N) is 1. The Hall–Kier alpha value is -1.29. The number of hydrogen-bond acceptors (Lipinski definition) is 2. The van der Waals surface area contributed by atoms with Gasteiger partial charge >= 0.3 is 5.97 Å². The van der Waals surface area contributed by atoms with Crippen LogP contribution in [-0.4, -0.2) is 15.6 Å². The van der Waals surface area contributed by atoms with E-state index in [0.29, 0.717) is 6.54 Å². The summed E-state index contributed by atoms with van der Waals surface area (Å²) in [6, 6.07) is 2.02. The number of carboxylic acid groups (broad SMARTS) is 1. The van der Waals surface area contributed by atoms with Crippen LogP contribution in [0.4, 0.5) is 0 Å². The number of hydrogen-bond donors (Lipinski definition) is 2. The molecule has 0 amide bonds. The summed E-state index contributed by atoms with van der Waals surface area (Å²) in [4.78, 5) is 11.0. The van der Waals surface area contributed by atoms with Gasteiger partial charge in [0.15, 0.2) is 0 Å². The molecule has 0 radical (unpaired) electrons. The minimum absolute atomic E-state index is 0.0502. The van der Waals surface area contributed by atoms with Gasteiger partial charge in [0, 0.05) is 25.0 Å². The lowest BCUT2D eigenvalue weighted by Crippen LogP contribution is -2.28. The normalized spacial score (nSPS) is 13.6. The van der Waals surface area contributed by atoms with Gasteiger partial charge in [-0.1, -0.05) is 13.3 Å². The molecule has 0 aromatic carbocycles. The van der Waals surface area contributed by atoms with Crippen LogP contribution in [-0.2, 0) is 11.3 Å². The van der Waals surface area contributed by atoms with Gasteiger partial charge in [0.1, 0.15) is 0 Å². The Morgan fingerprint density at radius 3 is 2.76 bits per heavy atom. The lowest BCUT2D eigenvalue weighted by Gasteiger charge is -2.19. The molecule has 1 aromatic heterocycles. The van der Waals surface area contributed by atoms with Crippen LogP contribution in [0.1, 0.15) is 45.2 Å². The van der Waals surface area contributed by atoms with E-state index in [1.54, 1.807) is 13.8 Å². The third kappa shape index (κ3) is 3.60. The van der Waals surface area contributed by atoms with Crippen molar-refractivity contribution in [3.8, 4) is 0 Å². The van der Waals surface area contributed by atoms with Crippen molar-refractivity contribution in [1.82, 2.24) is 4.57 Å². The Kier molecular flexibility index (Phi) is 4.34. The molecule has 0 fully saturated rings. The van der Waals surface area contributed by atoms with Crippen molar-refractivity contribution < 1.29 is 9.90 Å². The van der Waals surface area contributed by atoms with E-state index in [4.69, 9.17) is 10.8 Å². The third-order valence-corrected chi connectivity index (χ3v) is 2.96. The number of carboxylic acids is 1. The zero-order chi connectivity index (χ0) is 13.1. The van der Waals surface area contributed by atoms with Crippen molar-refractivity contribution in [1.29, 1.82) is 0 Å². The second-order valence-electron chi connectivity index (χ2n) is 5.20. The topological polar surface area (TPSA) is 68.2 Å². The van der Waals surface area contributed by atoms with Gasteiger partial charge in [0.25, 0.3) is 0 Å². The van der Waals surface area contributed by atoms with Gasteiger partial charge in [0.05, 0.1) is 5.41 Å². The van der Waals surface area contributed by atoms with Crippen LogP contribution in [0.3, 0.4) is 0 Å². The Labute approximate surface area is 102 Å². The standard InChI is InChI=1S/C13H22N2O2/c1-4-5-11(14)10-6-7-15(8-10)9-13(2,3)12(16)17/h6-8,11H,4-5,9,14H2,1-3H3,(H,16,17). The summed E-state index contributed by atoms with van der Waals surface area (Å²) in [5.41, 5.74) is 6.33. The molecule has 1 rings (SSSR count). The summed E-state index contributed by atoms with van der Waals surface area (Å²) in [5.74, 6) is -0.786. The first-order valence-corrected chi connectivity index (χ1v) is 6.01. The summed E-state index contributed by atoms with van der Waals surface area (Å²) < 4.78 is 1.90. The van der Waals surface area contributed by atoms with E-state index >= 15 is 0 Å². The lowest BCUT2D eigenvalue weighted by molar-refractivity contribution is -0.147. The summed E-state index contributed by atoms with van der Waals surface area (Å²) in [7, 11) is 0. The number of rotatable bonds is 6. The smallest absolute Gasteiger partial charge is 0.310 e. The number of aromatic nitrogens is 1. The second-order valence-corrected chi connectivity index (χ2v) is 5.20. The third-order valence-electron chi connectivity index (χ3n) is 2.96. The highest BCUT2D eigenvalue weighted by molar-refractivity contribution is 5.73. The van der Waals surface area contributed by atoms with Crippen molar-refractivity contribution in [3.63, 3.8) is 0 Å². The molecule has 0 aliphatic carbocycles. The van der Waals surface area contributed by atoms with Crippen molar-refractivity contribution in [2.75, 3.05) is 0 Å². The van der Waals surface area contributed by atoms with Gasteiger partial charge < -0.3 is 15.4 Å². The molecule has 96 valence electrons. The van der Waals surface area contributed by atoms with Crippen molar-refractivity contribution in [2.24, 2.45) is 11.1 Å². The zero-order valence-electron chi connectivity index (χ0n) is 10.8. The highest BCUT2D eigenvalue weighted by Gasteiger charge is 2.27. The molecule has 1 atom stereocenters. The van der Waals surface area contributed by atoms with E-state index in [1.807, 2.05) is 23.0 Å². The van der Waals surface area contributed by atoms with Gasteiger partial charge in [-0.3, -0.25) is 4.79 Å². The van der Waals surface area contributed by atoms with Gasteiger partial charge in [-0.15, -0.1) is 0 Å². The van der Waals surface area contributed by atoms with E-state index < -0.39 is 11.4 Å². The maximum Gasteiger partial charge on any atom is 0.310 e. The highest BCUT2D eigenvalue weighted by Crippen LogP contribution is 2.21. The fourth-order valence-electron chi connectivity index (χ4n) is 1.78. The summed E-state index contributed by atoms with van der Waals surface area (Å²) in [5, 5.41) is 9.06. The molecule has 0 aliphatic heterocycles. The number of nitrogens with two attached hydrogens (primary N) is 1. The Bertz CT molecular complexity index is 383. The first-order valence-electron chi connectivity index (χ1n) is 6.01. The molecule has 0 bridgehead atoms. The molecule has 1 aromatic rings. The van der Waals surface area contributed by atoms with Crippen LogP contribution < -0.4 is 5.73 Å². The fraction of sp³-hybridized carbons (Fsp3) is 0.615. The lowest BCUT2D eigenvalue weighted by atomic mass is 9.94. The van der Waals surface area contributed by atoms with Gasteiger partial charge in [-0.25, -0.2) is 0 Å². The first-order chi connectivity index (χ1) is 7.86. The quantitative estimate of drug-likeness (QED) is 0.799. The van der Waals surface area contributed by atoms with E-state index in [2.05, 4.69) is 6.92 Å². The van der Waals surface area contributed by atoms with E-state index in [-0.39, 0.29) is 6.04 Å². The van der Waals surface area contributed by atoms with E-state index in [1.165, 1.54) is 0 Å². The van der Waals surface area contributed by atoms with E-state index in [9.17, 15) is 4.79 Å². The van der Waals surface area contributed by atoms with Crippen LogP contribution in [0, 0.1) is 5.41 Å². The Morgan fingerprint density at radius 2 is 2.24 bits per heavy atom. The molecule has 4 nitrogen and oxygen atoms in total. The van der Waals surface area contributed by atoms with Crippen LogP contribution in [0.15, 0.2) is 18.5 Å². The van der Waals surface area contributed by atoms with Crippen LogP contribution >= 0.6 is 0 Å². The van der Waals surface area contributed by atoms with Gasteiger partial charge in [0.2, 0.25) is 0 Å². The zero-order valence-corrected chi connectivity index (χ0v) is 10.8. The highest BCUT2D eigenvalue weighted by atomic mass is 16.4. The summed E-state index contributed by atoms with van der Waals surface area (Å²) >= 11 is 0. The molecule has 0 saturated carbocycles. The molecular formula is C13H22N2O2. The van der Waals surface area contributed by atoms with Gasteiger partial charge in [-0.05, 0) is 31.9 Å². The van der Waals surface area contributed by atoms with Crippen molar-refractivity contribution in [2.45, 2.75) is 46.2 Å². The molecule has 0 saturated heterocycles. The van der Waals surface area contributed by atoms with Crippen LogP contribution in [0.5, 0.6) is 0 Å². The molecule has 3 N–H and O–H groups in total. The number of carbonyl (C=O) groups is 1. The summed E-state index contributed by atoms with van der Waals surface area (Å²) in [6.45, 7) is 6.01. The average Bonchev–Trinajstić information content (AvgIpc) is 2.65. The number of aliphatic carboxylic acids is 1. The molecular weight excluding hydrogens is 216 g/mol. The van der Waals surface area contributed by atoms with Crippen LogP contribution in [0.25, 0.3) is 0 Å². The Balaban J connectivity index is 2.72. The molecule has 1 heterocycles. The molecule has 1 unspecified atom stereocenters. The largest absolute Gasteiger partial charge is 0.481 e. The second kappa shape index (κ2) is 5.36. The summed E-state index contributed by atoms with van der Waals surface area (Å²) in [6.07, 6.45) is 5.85. The minimum Gasteiger partial charge on any atom is -0.481 e. The molecule has 0 aliphatic rings. The molecule has 0 spiro atoms. The maximum absolute atomic E-state index is 11.0. The Morgan fingerprint density at radius 1 is 1.59 bits per heavy atom. The monoisotopic (exact) mass is 238 g/mol. The predicted molar refractivity (Wildman–Crippen MR) is 67.7 cm³/mol. The molecule has 4 heteroatoms. The van der Waals surface area contributed by atoms with Crippen molar-refractivity contribution >= 4 is 5.97 Å². The van der Waals surface area contributed by atoms with Crippen molar-refractivity contribution in [3.05, 3.63) is 24.0 Å². The maximum atomic E-state index is 11.0. The average molecular weight is 238 g/mol. The SMILES string of the molecule is CCCC(N)c1ccn(CC(C)(C)C(=O)O)c1. The first kappa shape index (κ1) is 13.8. The van der Waals surface area contributed by atoms with Gasteiger partial charge in [-0.2, -0.15) is 0 Å². The van der Waals surface area contributed by atoms with E-state index in [0.717, 1.165) is 18.4 Å². The minimum atomic E-state index is -0.786.